The fraction of sp³-hybridized carbons (Fsp3) is 0.818. The third kappa shape index (κ3) is 4.92. The van der Waals surface area contributed by atoms with E-state index in [1.165, 1.54) is 19.3 Å². The van der Waals surface area contributed by atoms with E-state index in [0.29, 0.717) is 6.10 Å². The van der Waals surface area contributed by atoms with Crippen LogP contribution < -0.4 is 5.32 Å². The zero-order valence-electron chi connectivity index (χ0n) is 8.22. The largest absolute Gasteiger partial charge is 0.377 e. The molecule has 1 heterocycles. The first-order valence-electron chi connectivity index (χ1n) is 5.19. The maximum atomic E-state index is 5.49. The zero-order chi connectivity index (χ0) is 9.36. The summed E-state index contributed by atoms with van der Waals surface area (Å²) in [4.78, 5) is 0. The highest BCUT2D eigenvalue weighted by molar-refractivity contribution is 4.82. The molecule has 0 aromatic rings. The van der Waals surface area contributed by atoms with Crippen molar-refractivity contribution >= 4 is 0 Å². The van der Waals surface area contributed by atoms with Crippen LogP contribution in [-0.4, -0.2) is 25.8 Å². The van der Waals surface area contributed by atoms with Crippen molar-refractivity contribution in [3.05, 3.63) is 0 Å². The molecule has 1 rings (SSSR count). The summed E-state index contributed by atoms with van der Waals surface area (Å²) in [5.41, 5.74) is 0. The Labute approximate surface area is 81.0 Å². The van der Waals surface area contributed by atoms with Gasteiger partial charge in [0.25, 0.3) is 0 Å². The van der Waals surface area contributed by atoms with Crippen LogP contribution >= 0.6 is 0 Å². The first-order valence-corrected chi connectivity index (χ1v) is 5.19. The van der Waals surface area contributed by atoms with Gasteiger partial charge < -0.3 is 10.1 Å². The summed E-state index contributed by atoms with van der Waals surface area (Å²) in [7, 11) is 0. The first kappa shape index (κ1) is 10.6. The average molecular weight is 181 g/mol. The molecule has 0 spiro atoms. The van der Waals surface area contributed by atoms with Crippen molar-refractivity contribution in [1.29, 1.82) is 0 Å². The summed E-state index contributed by atoms with van der Waals surface area (Å²) in [6, 6.07) is 0. The number of hydrogen-bond acceptors (Lipinski definition) is 2. The van der Waals surface area contributed by atoms with Crippen molar-refractivity contribution in [2.75, 3.05) is 19.7 Å². The van der Waals surface area contributed by atoms with Crippen molar-refractivity contribution in [3.8, 4) is 12.3 Å². The van der Waals surface area contributed by atoms with Gasteiger partial charge in [-0.05, 0) is 32.2 Å². The molecule has 1 aliphatic heterocycles. The number of hydrogen-bond donors (Lipinski definition) is 1. The molecule has 1 fully saturated rings. The Morgan fingerprint density at radius 2 is 2.38 bits per heavy atom. The molecule has 2 heteroatoms. The van der Waals surface area contributed by atoms with Crippen molar-refractivity contribution in [1.82, 2.24) is 5.32 Å². The fourth-order valence-electron chi connectivity index (χ4n) is 1.55. The van der Waals surface area contributed by atoms with E-state index in [0.717, 1.165) is 32.5 Å². The molecule has 0 aromatic heterocycles. The molecular formula is C11H19NO. The van der Waals surface area contributed by atoms with Gasteiger partial charge in [0.1, 0.15) is 0 Å². The van der Waals surface area contributed by atoms with Gasteiger partial charge in [0.15, 0.2) is 0 Å². The zero-order valence-corrected chi connectivity index (χ0v) is 8.22. The SMILES string of the molecule is C#CCCCCNCC1CCCO1. The first-order chi connectivity index (χ1) is 6.43. The van der Waals surface area contributed by atoms with Crippen molar-refractivity contribution in [2.45, 2.75) is 38.2 Å². The summed E-state index contributed by atoms with van der Waals surface area (Å²) in [5.74, 6) is 2.65. The molecule has 0 aromatic carbocycles. The van der Waals surface area contributed by atoms with Gasteiger partial charge in [0.2, 0.25) is 0 Å². The van der Waals surface area contributed by atoms with Gasteiger partial charge in [-0.15, -0.1) is 12.3 Å². The molecule has 0 bridgehead atoms. The number of terminal acetylenes is 1. The van der Waals surface area contributed by atoms with Crippen LogP contribution in [0.1, 0.15) is 32.1 Å². The van der Waals surface area contributed by atoms with E-state index in [-0.39, 0.29) is 0 Å². The lowest BCUT2D eigenvalue weighted by atomic mass is 10.2. The third-order valence-electron chi connectivity index (χ3n) is 2.32. The van der Waals surface area contributed by atoms with Gasteiger partial charge in [-0.25, -0.2) is 0 Å². The maximum absolute atomic E-state index is 5.49. The van der Waals surface area contributed by atoms with Crippen LogP contribution in [0.2, 0.25) is 0 Å². The van der Waals surface area contributed by atoms with Crippen molar-refractivity contribution < 1.29 is 4.74 Å². The van der Waals surface area contributed by atoms with E-state index in [2.05, 4.69) is 11.2 Å². The van der Waals surface area contributed by atoms with Gasteiger partial charge in [-0.1, -0.05) is 0 Å². The molecule has 0 amide bonds. The number of unbranched alkanes of at least 4 members (excludes halogenated alkanes) is 2. The van der Waals surface area contributed by atoms with Gasteiger partial charge in [0, 0.05) is 19.6 Å². The average Bonchev–Trinajstić information content (AvgIpc) is 2.63. The minimum absolute atomic E-state index is 0.465. The van der Waals surface area contributed by atoms with E-state index in [9.17, 15) is 0 Å². The van der Waals surface area contributed by atoms with E-state index in [4.69, 9.17) is 11.2 Å². The monoisotopic (exact) mass is 181 g/mol. The smallest absolute Gasteiger partial charge is 0.0700 e. The van der Waals surface area contributed by atoms with Gasteiger partial charge >= 0.3 is 0 Å². The summed E-state index contributed by atoms with van der Waals surface area (Å²) >= 11 is 0. The van der Waals surface area contributed by atoms with Crippen LogP contribution in [0.15, 0.2) is 0 Å². The van der Waals surface area contributed by atoms with Crippen LogP contribution in [0.3, 0.4) is 0 Å². The highest BCUT2D eigenvalue weighted by atomic mass is 16.5. The number of rotatable bonds is 6. The lowest BCUT2D eigenvalue weighted by Gasteiger charge is -2.09. The second-order valence-corrected chi connectivity index (χ2v) is 3.50. The quantitative estimate of drug-likeness (QED) is 0.496. The molecule has 74 valence electrons. The maximum Gasteiger partial charge on any atom is 0.0700 e. The predicted molar refractivity (Wildman–Crippen MR) is 54.5 cm³/mol. The molecule has 1 saturated heterocycles. The lowest BCUT2D eigenvalue weighted by molar-refractivity contribution is 0.110. The second kappa shape index (κ2) is 6.94. The standard InChI is InChI=1S/C11H19NO/c1-2-3-4-5-8-12-10-11-7-6-9-13-11/h1,11-12H,3-10H2. The molecule has 2 nitrogen and oxygen atoms in total. The Morgan fingerprint density at radius 1 is 1.46 bits per heavy atom. The molecular weight excluding hydrogens is 162 g/mol. The normalized spacial score (nSPS) is 21.6. The van der Waals surface area contributed by atoms with E-state index >= 15 is 0 Å². The summed E-state index contributed by atoms with van der Waals surface area (Å²) < 4.78 is 5.49. The second-order valence-electron chi connectivity index (χ2n) is 3.50. The van der Waals surface area contributed by atoms with E-state index < -0.39 is 0 Å². The highest BCUT2D eigenvalue weighted by Gasteiger charge is 2.13. The lowest BCUT2D eigenvalue weighted by Crippen LogP contribution is -2.26. The summed E-state index contributed by atoms with van der Waals surface area (Å²) in [6.07, 6.45) is 11.3. The van der Waals surface area contributed by atoms with Crippen molar-refractivity contribution in [3.63, 3.8) is 0 Å². The molecule has 13 heavy (non-hydrogen) atoms. The minimum Gasteiger partial charge on any atom is -0.377 e. The van der Waals surface area contributed by atoms with Gasteiger partial charge in [-0.3, -0.25) is 0 Å². The summed E-state index contributed by atoms with van der Waals surface area (Å²) in [6.45, 7) is 3.03. The molecule has 1 atom stereocenters. The minimum atomic E-state index is 0.465. The Morgan fingerprint density at radius 3 is 3.08 bits per heavy atom. The molecule has 1 N–H and O–H groups in total. The summed E-state index contributed by atoms with van der Waals surface area (Å²) in [5, 5.41) is 3.39. The number of ether oxygens (including phenoxy) is 1. The highest BCUT2D eigenvalue weighted by Crippen LogP contribution is 2.10. The van der Waals surface area contributed by atoms with Gasteiger partial charge in [0.05, 0.1) is 6.10 Å². The van der Waals surface area contributed by atoms with E-state index in [1.807, 2.05) is 0 Å². The Hall–Kier alpha value is -0.520. The Kier molecular flexibility index (Phi) is 5.64. The molecule has 0 saturated carbocycles. The third-order valence-corrected chi connectivity index (χ3v) is 2.32. The van der Waals surface area contributed by atoms with Crippen LogP contribution in [0.25, 0.3) is 0 Å². The van der Waals surface area contributed by atoms with Crippen LogP contribution in [0.4, 0.5) is 0 Å². The Bertz CT molecular complexity index is 156. The fourth-order valence-corrected chi connectivity index (χ4v) is 1.55. The molecule has 0 radical (unpaired) electrons. The molecule has 1 unspecified atom stereocenters. The van der Waals surface area contributed by atoms with Crippen molar-refractivity contribution in [2.24, 2.45) is 0 Å². The topological polar surface area (TPSA) is 21.3 Å². The Balaban J connectivity index is 1.81. The van der Waals surface area contributed by atoms with Crippen LogP contribution in [-0.2, 0) is 4.74 Å². The van der Waals surface area contributed by atoms with Gasteiger partial charge in [-0.2, -0.15) is 0 Å². The van der Waals surface area contributed by atoms with Crippen LogP contribution in [0, 0.1) is 12.3 Å². The van der Waals surface area contributed by atoms with Crippen LogP contribution in [0.5, 0.6) is 0 Å². The van der Waals surface area contributed by atoms with E-state index in [1.54, 1.807) is 0 Å². The number of nitrogens with one attached hydrogen (secondary N) is 1. The molecule has 0 aliphatic carbocycles. The molecule has 1 aliphatic rings. The predicted octanol–water partition coefficient (Wildman–Crippen LogP) is 1.56.